The predicted molar refractivity (Wildman–Crippen MR) is 143 cm³/mol. The normalized spacial score (nSPS) is 12.6. The third-order valence-corrected chi connectivity index (χ3v) is 7.23. The SMILES string of the molecule is COc1ccc(CCN(Cc2ccc(C)s2)C(=O)CN(C(=O)Nc2cccc(F)c2)C2CC2)cc1OC. The van der Waals surface area contributed by atoms with Gasteiger partial charge >= 0.3 is 6.03 Å². The number of methoxy groups -OCH3 is 2. The number of carbonyl (C=O) groups is 2. The Morgan fingerprint density at radius 3 is 2.49 bits per heavy atom. The maximum Gasteiger partial charge on any atom is 0.322 e. The number of hydrogen-bond acceptors (Lipinski definition) is 5. The molecule has 196 valence electrons. The number of ether oxygens (including phenoxy) is 2. The summed E-state index contributed by atoms with van der Waals surface area (Å²) in [4.78, 5) is 32.2. The summed E-state index contributed by atoms with van der Waals surface area (Å²) in [6.07, 6.45) is 2.31. The number of benzene rings is 2. The molecule has 1 N–H and O–H groups in total. The monoisotopic (exact) mass is 525 g/mol. The van der Waals surface area contributed by atoms with E-state index < -0.39 is 11.8 Å². The smallest absolute Gasteiger partial charge is 0.322 e. The summed E-state index contributed by atoms with van der Waals surface area (Å²) >= 11 is 1.65. The van der Waals surface area contributed by atoms with Crippen LogP contribution < -0.4 is 14.8 Å². The highest BCUT2D eigenvalue weighted by molar-refractivity contribution is 7.11. The first kappa shape index (κ1) is 26.5. The molecule has 0 atom stereocenters. The number of nitrogens with one attached hydrogen (secondary N) is 1. The molecule has 0 bridgehead atoms. The molecule has 2 aromatic carbocycles. The number of amides is 3. The summed E-state index contributed by atoms with van der Waals surface area (Å²) in [5, 5.41) is 2.74. The number of carbonyl (C=O) groups excluding carboxylic acids is 2. The Labute approximate surface area is 220 Å². The second kappa shape index (κ2) is 12.1. The summed E-state index contributed by atoms with van der Waals surface area (Å²) in [7, 11) is 3.19. The second-order valence-corrected chi connectivity index (χ2v) is 10.4. The van der Waals surface area contributed by atoms with Crippen LogP contribution in [0.1, 0.15) is 28.2 Å². The topological polar surface area (TPSA) is 71.1 Å². The Balaban J connectivity index is 1.47. The van der Waals surface area contributed by atoms with Gasteiger partial charge < -0.3 is 24.6 Å². The van der Waals surface area contributed by atoms with Gasteiger partial charge in [-0.25, -0.2) is 9.18 Å². The number of aryl methyl sites for hydroxylation is 1. The summed E-state index contributed by atoms with van der Waals surface area (Å²) < 4.78 is 24.3. The van der Waals surface area contributed by atoms with Crippen molar-refractivity contribution in [2.45, 2.75) is 38.8 Å². The van der Waals surface area contributed by atoms with E-state index in [4.69, 9.17) is 9.47 Å². The van der Waals surface area contributed by atoms with E-state index in [1.54, 1.807) is 41.4 Å². The fourth-order valence-corrected chi connectivity index (χ4v) is 5.02. The van der Waals surface area contributed by atoms with Crippen LogP contribution in [0.25, 0.3) is 0 Å². The molecule has 1 fully saturated rings. The van der Waals surface area contributed by atoms with E-state index in [2.05, 4.69) is 5.32 Å². The summed E-state index contributed by atoms with van der Waals surface area (Å²) in [6.45, 7) is 2.95. The standard InChI is InChI=1S/C28H32FN3O4S/c1-19-7-11-24(37-19)17-31(14-13-20-8-12-25(35-2)26(15-20)36-3)27(33)18-32(23-9-10-23)28(34)30-22-6-4-5-21(29)16-22/h4-8,11-12,15-16,23H,9-10,13-14,17-18H2,1-3H3,(H,30,34). The van der Waals surface area contributed by atoms with Crippen LogP contribution in [0.3, 0.4) is 0 Å². The second-order valence-electron chi connectivity index (χ2n) is 9.07. The molecular weight excluding hydrogens is 493 g/mol. The van der Waals surface area contributed by atoms with Gasteiger partial charge in [0, 0.05) is 28.0 Å². The van der Waals surface area contributed by atoms with Gasteiger partial charge in [0.25, 0.3) is 0 Å². The van der Waals surface area contributed by atoms with Crippen LogP contribution in [0.2, 0.25) is 0 Å². The van der Waals surface area contributed by atoms with Crippen LogP contribution in [-0.4, -0.2) is 55.1 Å². The first-order chi connectivity index (χ1) is 17.9. The van der Waals surface area contributed by atoms with Crippen molar-refractivity contribution in [3.63, 3.8) is 0 Å². The van der Waals surface area contributed by atoms with E-state index in [0.717, 1.165) is 23.3 Å². The zero-order chi connectivity index (χ0) is 26.4. The molecule has 1 aromatic heterocycles. The minimum atomic E-state index is -0.431. The maximum absolute atomic E-state index is 13.6. The third-order valence-electron chi connectivity index (χ3n) is 6.24. The molecule has 1 aliphatic carbocycles. The number of hydrogen-bond donors (Lipinski definition) is 1. The Bertz CT molecular complexity index is 1240. The number of rotatable bonds is 11. The number of nitrogens with zero attached hydrogens (tertiary/aromatic N) is 2. The highest BCUT2D eigenvalue weighted by atomic mass is 32.1. The van der Waals surface area contributed by atoms with Crippen LogP contribution in [0.4, 0.5) is 14.9 Å². The lowest BCUT2D eigenvalue weighted by atomic mass is 10.1. The lowest BCUT2D eigenvalue weighted by Crippen LogP contribution is -2.45. The van der Waals surface area contributed by atoms with Gasteiger partial charge in [0.05, 0.1) is 20.8 Å². The van der Waals surface area contributed by atoms with Gasteiger partial charge in [-0.1, -0.05) is 12.1 Å². The Morgan fingerprint density at radius 2 is 1.84 bits per heavy atom. The molecule has 7 nitrogen and oxygen atoms in total. The summed E-state index contributed by atoms with van der Waals surface area (Å²) in [5.41, 5.74) is 1.38. The zero-order valence-corrected chi connectivity index (χ0v) is 22.1. The van der Waals surface area contributed by atoms with Crippen LogP contribution >= 0.6 is 11.3 Å². The molecule has 1 saturated carbocycles. The average molecular weight is 526 g/mol. The van der Waals surface area contributed by atoms with Crippen LogP contribution in [0, 0.1) is 12.7 Å². The fraction of sp³-hybridized carbons (Fsp3) is 0.357. The molecule has 4 rings (SSSR count). The predicted octanol–water partition coefficient (Wildman–Crippen LogP) is 5.48. The van der Waals surface area contributed by atoms with Gasteiger partial charge in [0.2, 0.25) is 5.91 Å². The molecule has 0 aliphatic heterocycles. The van der Waals surface area contributed by atoms with Gasteiger partial charge in [0.1, 0.15) is 12.4 Å². The fourth-order valence-electron chi connectivity index (χ4n) is 4.11. The van der Waals surface area contributed by atoms with E-state index in [9.17, 15) is 14.0 Å². The van der Waals surface area contributed by atoms with Crippen molar-refractivity contribution in [3.8, 4) is 11.5 Å². The highest BCUT2D eigenvalue weighted by Gasteiger charge is 2.35. The van der Waals surface area contributed by atoms with Gasteiger partial charge in [-0.2, -0.15) is 0 Å². The van der Waals surface area contributed by atoms with Crippen LogP contribution in [0.15, 0.2) is 54.6 Å². The van der Waals surface area contributed by atoms with E-state index in [1.807, 2.05) is 37.3 Å². The zero-order valence-electron chi connectivity index (χ0n) is 21.3. The summed E-state index contributed by atoms with van der Waals surface area (Å²) in [5.74, 6) is 0.727. The maximum atomic E-state index is 13.6. The van der Waals surface area contributed by atoms with Crippen LogP contribution in [0.5, 0.6) is 11.5 Å². The molecule has 3 aromatic rings. The average Bonchev–Trinajstić information content (AvgIpc) is 3.65. The number of anilines is 1. The molecule has 9 heteroatoms. The third kappa shape index (κ3) is 7.22. The van der Waals surface area contributed by atoms with Crippen molar-refractivity contribution in [1.29, 1.82) is 0 Å². The molecule has 1 heterocycles. The molecule has 0 radical (unpaired) electrons. The molecule has 3 amide bonds. The summed E-state index contributed by atoms with van der Waals surface area (Å²) in [6, 6.07) is 15.2. The molecule has 1 aliphatic rings. The lowest BCUT2D eigenvalue weighted by Gasteiger charge is -2.28. The first-order valence-corrected chi connectivity index (χ1v) is 13.0. The Hall–Kier alpha value is -3.59. The van der Waals surface area contributed by atoms with Gasteiger partial charge in [-0.05, 0) is 74.2 Å². The lowest BCUT2D eigenvalue weighted by molar-refractivity contribution is -0.132. The van der Waals surface area contributed by atoms with E-state index in [-0.39, 0.29) is 18.5 Å². The Morgan fingerprint density at radius 1 is 1.05 bits per heavy atom. The molecule has 0 spiro atoms. The van der Waals surface area contributed by atoms with Crippen molar-refractivity contribution < 1.29 is 23.5 Å². The minimum absolute atomic E-state index is 0.00851. The van der Waals surface area contributed by atoms with E-state index in [1.165, 1.54) is 23.1 Å². The molecule has 0 unspecified atom stereocenters. The van der Waals surface area contributed by atoms with Crippen molar-refractivity contribution in [2.24, 2.45) is 0 Å². The molecule has 0 saturated heterocycles. The number of halogens is 1. The van der Waals surface area contributed by atoms with Gasteiger partial charge in [-0.3, -0.25) is 4.79 Å². The van der Waals surface area contributed by atoms with Gasteiger partial charge in [0.15, 0.2) is 11.5 Å². The van der Waals surface area contributed by atoms with E-state index >= 15 is 0 Å². The Kier molecular flexibility index (Phi) is 8.66. The van der Waals surface area contributed by atoms with Crippen LogP contribution in [-0.2, 0) is 17.8 Å². The molecular formula is C28H32FN3O4S. The van der Waals surface area contributed by atoms with Gasteiger partial charge in [-0.15, -0.1) is 11.3 Å². The highest BCUT2D eigenvalue weighted by Crippen LogP contribution is 2.29. The quantitative estimate of drug-likeness (QED) is 0.360. The molecule has 37 heavy (non-hydrogen) atoms. The van der Waals surface area contributed by atoms with E-state index in [0.29, 0.717) is 36.7 Å². The van der Waals surface area contributed by atoms with Crippen molar-refractivity contribution in [1.82, 2.24) is 9.80 Å². The first-order valence-electron chi connectivity index (χ1n) is 12.2. The minimum Gasteiger partial charge on any atom is -0.493 e. The largest absolute Gasteiger partial charge is 0.493 e. The number of thiophene rings is 1. The number of urea groups is 1. The van der Waals surface area contributed by atoms with Crippen molar-refractivity contribution >= 4 is 29.0 Å². The van der Waals surface area contributed by atoms with Crippen molar-refractivity contribution in [2.75, 3.05) is 32.6 Å². The van der Waals surface area contributed by atoms with Crippen molar-refractivity contribution in [3.05, 3.63) is 75.7 Å².